The van der Waals surface area contributed by atoms with Crippen LogP contribution in [0.25, 0.3) is 0 Å². The van der Waals surface area contributed by atoms with Gasteiger partial charge in [-0.3, -0.25) is 4.79 Å². The standard InChI is InChI=1S/C17H16Br2O2/c1-11(20)16(10-12-2-6-14(18)7-3-12)17(21)13-4-8-15(19)9-5-13/h2-9,16-17,21H,10H2,1H3. The first-order valence-corrected chi connectivity index (χ1v) is 8.24. The molecule has 0 aliphatic heterocycles. The first-order valence-electron chi connectivity index (χ1n) is 6.66. The zero-order valence-corrected chi connectivity index (χ0v) is 14.8. The molecular formula is C17H16Br2O2. The minimum atomic E-state index is -0.792. The number of Topliss-reactive ketones (excluding diaryl/α,β-unsaturated/α-hetero) is 1. The highest BCUT2D eigenvalue weighted by Crippen LogP contribution is 2.27. The van der Waals surface area contributed by atoms with E-state index in [1.54, 1.807) is 0 Å². The van der Waals surface area contributed by atoms with Gasteiger partial charge in [-0.2, -0.15) is 0 Å². The lowest BCUT2D eigenvalue weighted by molar-refractivity contribution is -0.124. The third kappa shape index (κ3) is 4.50. The number of hydrogen-bond donors (Lipinski definition) is 1. The molecule has 4 heteroatoms. The number of carbonyl (C=O) groups is 1. The molecule has 1 N–H and O–H groups in total. The number of rotatable bonds is 5. The van der Waals surface area contributed by atoms with Crippen molar-refractivity contribution in [3.8, 4) is 0 Å². The summed E-state index contributed by atoms with van der Waals surface area (Å²) in [4.78, 5) is 11.9. The Bertz CT molecular complexity index is 606. The lowest BCUT2D eigenvalue weighted by Crippen LogP contribution is -2.22. The third-order valence-corrected chi connectivity index (χ3v) is 4.54. The second-order valence-corrected chi connectivity index (χ2v) is 6.88. The van der Waals surface area contributed by atoms with E-state index >= 15 is 0 Å². The molecule has 2 aromatic carbocycles. The molecule has 0 bridgehead atoms. The fraction of sp³-hybridized carbons (Fsp3) is 0.235. The van der Waals surface area contributed by atoms with Crippen molar-refractivity contribution in [1.82, 2.24) is 0 Å². The quantitative estimate of drug-likeness (QED) is 0.774. The molecule has 0 saturated carbocycles. The summed E-state index contributed by atoms with van der Waals surface area (Å²) >= 11 is 6.76. The van der Waals surface area contributed by atoms with Gasteiger partial charge < -0.3 is 5.11 Å². The van der Waals surface area contributed by atoms with Crippen LogP contribution in [-0.4, -0.2) is 10.9 Å². The monoisotopic (exact) mass is 410 g/mol. The maximum atomic E-state index is 11.9. The molecule has 0 aromatic heterocycles. The van der Waals surface area contributed by atoms with Gasteiger partial charge in [-0.25, -0.2) is 0 Å². The van der Waals surface area contributed by atoms with E-state index in [1.807, 2.05) is 48.5 Å². The average Bonchev–Trinajstić information content (AvgIpc) is 2.46. The molecule has 0 spiro atoms. The first-order chi connectivity index (χ1) is 9.97. The Morgan fingerprint density at radius 2 is 1.48 bits per heavy atom. The summed E-state index contributed by atoms with van der Waals surface area (Å²) in [5, 5.41) is 10.5. The minimum absolute atomic E-state index is 0.00617. The zero-order chi connectivity index (χ0) is 15.4. The summed E-state index contributed by atoms with van der Waals surface area (Å²) in [6.07, 6.45) is -0.265. The highest BCUT2D eigenvalue weighted by molar-refractivity contribution is 9.10. The molecule has 2 nitrogen and oxygen atoms in total. The van der Waals surface area contributed by atoms with Crippen LogP contribution in [0.3, 0.4) is 0 Å². The number of ketones is 1. The molecule has 110 valence electrons. The Hall–Kier alpha value is -0.970. The molecule has 2 rings (SSSR count). The van der Waals surface area contributed by atoms with Gasteiger partial charge in [0.05, 0.1) is 12.0 Å². The largest absolute Gasteiger partial charge is 0.388 e. The summed E-state index contributed by atoms with van der Waals surface area (Å²) in [5.41, 5.74) is 1.80. The Morgan fingerprint density at radius 3 is 1.95 bits per heavy atom. The van der Waals surface area contributed by atoms with E-state index in [0.29, 0.717) is 6.42 Å². The second-order valence-electron chi connectivity index (χ2n) is 5.04. The van der Waals surface area contributed by atoms with Gasteiger partial charge in [-0.05, 0) is 48.7 Å². The van der Waals surface area contributed by atoms with Crippen molar-refractivity contribution in [1.29, 1.82) is 0 Å². The summed E-state index contributed by atoms with van der Waals surface area (Å²) in [6.45, 7) is 1.53. The van der Waals surface area contributed by atoms with Crippen LogP contribution in [0.2, 0.25) is 0 Å². The van der Waals surface area contributed by atoms with Gasteiger partial charge in [-0.1, -0.05) is 56.1 Å². The number of halogens is 2. The molecule has 0 aliphatic rings. The van der Waals surface area contributed by atoms with Gasteiger partial charge in [0.25, 0.3) is 0 Å². The predicted molar refractivity (Wildman–Crippen MR) is 91.1 cm³/mol. The van der Waals surface area contributed by atoms with Crippen molar-refractivity contribution < 1.29 is 9.90 Å². The second kappa shape index (κ2) is 7.34. The molecule has 0 radical (unpaired) electrons. The average molecular weight is 412 g/mol. The molecule has 21 heavy (non-hydrogen) atoms. The smallest absolute Gasteiger partial charge is 0.136 e. The van der Waals surface area contributed by atoms with Gasteiger partial charge in [0.15, 0.2) is 0 Å². The molecule has 0 fully saturated rings. The molecule has 2 unspecified atom stereocenters. The molecule has 0 heterocycles. The molecule has 2 atom stereocenters. The fourth-order valence-corrected chi connectivity index (χ4v) is 2.77. The Morgan fingerprint density at radius 1 is 1.00 bits per heavy atom. The Kier molecular flexibility index (Phi) is 5.73. The normalized spacial score (nSPS) is 13.7. The van der Waals surface area contributed by atoms with Crippen LogP contribution < -0.4 is 0 Å². The van der Waals surface area contributed by atoms with E-state index in [-0.39, 0.29) is 5.78 Å². The van der Waals surface area contributed by atoms with Crippen LogP contribution in [0.5, 0.6) is 0 Å². The summed E-state index contributed by atoms with van der Waals surface area (Å²) < 4.78 is 1.95. The van der Waals surface area contributed by atoms with E-state index in [9.17, 15) is 9.90 Å². The van der Waals surface area contributed by atoms with E-state index in [2.05, 4.69) is 31.9 Å². The third-order valence-electron chi connectivity index (χ3n) is 3.48. The lowest BCUT2D eigenvalue weighted by atomic mass is 9.87. The topological polar surface area (TPSA) is 37.3 Å². The van der Waals surface area contributed by atoms with Crippen molar-refractivity contribution in [2.45, 2.75) is 19.4 Å². The highest BCUT2D eigenvalue weighted by atomic mass is 79.9. The van der Waals surface area contributed by atoms with Gasteiger partial charge in [-0.15, -0.1) is 0 Å². The predicted octanol–water partition coefficient (Wildman–Crippen LogP) is 4.69. The van der Waals surface area contributed by atoms with Gasteiger partial charge in [0.2, 0.25) is 0 Å². The maximum absolute atomic E-state index is 11.9. The number of aliphatic hydroxyl groups excluding tert-OH is 1. The zero-order valence-electron chi connectivity index (χ0n) is 11.6. The fourth-order valence-electron chi connectivity index (χ4n) is 2.24. The van der Waals surface area contributed by atoms with Crippen molar-refractivity contribution in [2.24, 2.45) is 5.92 Å². The molecular weight excluding hydrogens is 396 g/mol. The number of hydrogen-bond acceptors (Lipinski definition) is 2. The Labute approximate surface area is 141 Å². The van der Waals surface area contributed by atoms with Crippen LogP contribution in [0.1, 0.15) is 24.2 Å². The number of aliphatic hydroxyl groups is 1. The highest BCUT2D eigenvalue weighted by Gasteiger charge is 2.25. The summed E-state index contributed by atoms with van der Waals surface area (Å²) in [7, 11) is 0. The van der Waals surface area contributed by atoms with Crippen LogP contribution in [-0.2, 0) is 11.2 Å². The van der Waals surface area contributed by atoms with E-state index in [1.165, 1.54) is 6.92 Å². The number of carbonyl (C=O) groups excluding carboxylic acids is 1. The van der Waals surface area contributed by atoms with Crippen LogP contribution >= 0.6 is 31.9 Å². The van der Waals surface area contributed by atoms with Crippen LogP contribution in [0.4, 0.5) is 0 Å². The summed E-state index contributed by atoms with van der Waals surface area (Å²) in [5.74, 6) is -0.444. The van der Waals surface area contributed by atoms with Gasteiger partial charge >= 0.3 is 0 Å². The van der Waals surface area contributed by atoms with Crippen molar-refractivity contribution in [3.63, 3.8) is 0 Å². The summed E-state index contributed by atoms with van der Waals surface area (Å²) in [6, 6.07) is 15.2. The first kappa shape index (κ1) is 16.4. The lowest BCUT2D eigenvalue weighted by Gasteiger charge is -2.21. The van der Waals surface area contributed by atoms with Gasteiger partial charge in [0.1, 0.15) is 5.78 Å². The van der Waals surface area contributed by atoms with Crippen molar-refractivity contribution in [2.75, 3.05) is 0 Å². The Balaban J connectivity index is 2.20. The SMILES string of the molecule is CC(=O)C(Cc1ccc(Br)cc1)C(O)c1ccc(Br)cc1. The molecule has 0 amide bonds. The van der Waals surface area contributed by atoms with E-state index in [0.717, 1.165) is 20.1 Å². The van der Waals surface area contributed by atoms with Crippen LogP contribution in [0, 0.1) is 5.92 Å². The number of benzene rings is 2. The molecule has 0 saturated heterocycles. The van der Waals surface area contributed by atoms with E-state index < -0.39 is 12.0 Å². The maximum Gasteiger partial charge on any atom is 0.136 e. The van der Waals surface area contributed by atoms with Crippen LogP contribution in [0.15, 0.2) is 57.5 Å². The van der Waals surface area contributed by atoms with Crippen molar-refractivity contribution >= 4 is 37.6 Å². The molecule has 2 aromatic rings. The van der Waals surface area contributed by atoms with E-state index in [4.69, 9.17) is 0 Å². The van der Waals surface area contributed by atoms with Gasteiger partial charge in [0, 0.05) is 8.95 Å². The molecule has 0 aliphatic carbocycles. The minimum Gasteiger partial charge on any atom is -0.388 e. The van der Waals surface area contributed by atoms with Crippen molar-refractivity contribution in [3.05, 3.63) is 68.6 Å².